The van der Waals surface area contributed by atoms with Gasteiger partial charge in [0.15, 0.2) is 0 Å². The van der Waals surface area contributed by atoms with Crippen molar-refractivity contribution in [3.05, 3.63) is 45.1 Å². The molecule has 0 aliphatic carbocycles. The maximum absolute atomic E-state index is 11.9. The minimum absolute atomic E-state index is 0.0356. The molecule has 0 saturated heterocycles. The fourth-order valence-corrected chi connectivity index (χ4v) is 3.01. The van der Waals surface area contributed by atoms with E-state index in [0.29, 0.717) is 12.2 Å². The molecule has 0 saturated carbocycles. The molecule has 6 heteroatoms. The Balaban J connectivity index is 1.83. The monoisotopic (exact) mass is 353 g/mol. The van der Waals surface area contributed by atoms with Crippen molar-refractivity contribution >= 4 is 44.5 Å². The fourth-order valence-electron chi connectivity index (χ4n) is 1.81. The number of benzene rings is 1. The summed E-state index contributed by atoms with van der Waals surface area (Å²) < 4.78 is 1.10. The summed E-state index contributed by atoms with van der Waals surface area (Å²) in [4.78, 5) is 13.9. The molecule has 20 heavy (non-hydrogen) atoms. The Kier molecular flexibility index (Phi) is 5.17. The first-order valence-corrected chi connectivity index (χ1v) is 7.77. The van der Waals surface area contributed by atoms with E-state index in [1.165, 1.54) is 5.56 Å². The maximum atomic E-state index is 11.9. The molecule has 106 valence electrons. The number of hydrogen-bond donors (Lipinski definition) is 2. The molecule has 1 heterocycles. The lowest BCUT2D eigenvalue weighted by Gasteiger charge is -2.15. The molecular formula is C14H16BrN3OS. The van der Waals surface area contributed by atoms with Crippen LogP contribution in [0.1, 0.15) is 5.56 Å². The third kappa shape index (κ3) is 4.63. The molecule has 2 rings (SSSR count). The van der Waals surface area contributed by atoms with E-state index in [0.717, 1.165) is 16.0 Å². The average molecular weight is 354 g/mol. The minimum Gasteiger partial charge on any atom is -0.399 e. The van der Waals surface area contributed by atoms with Gasteiger partial charge in [-0.2, -0.15) is 0 Å². The van der Waals surface area contributed by atoms with Gasteiger partial charge in [0.25, 0.3) is 0 Å². The third-order valence-electron chi connectivity index (χ3n) is 2.68. The number of rotatable bonds is 5. The van der Waals surface area contributed by atoms with E-state index in [-0.39, 0.29) is 5.91 Å². The first-order chi connectivity index (χ1) is 9.52. The van der Waals surface area contributed by atoms with Gasteiger partial charge in [0.1, 0.15) is 0 Å². The SMILES string of the molecule is CN(CC(=O)Nc1ccc(N)cc1)Cc1csc(Br)c1. The van der Waals surface area contributed by atoms with E-state index in [9.17, 15) is 4.79 Å². The van der Waals surface area contributed by atoms with Crippen LogP contribution in [-0.2, 0) is 11.3 Å². The van der Waals surface area contributed by atoms with Crippen LogP contribution in [0.25, 0.3) is 0 Å². The highest BCUT2D eigenvalue weighted by molar-refractivity contribution is 9.11. The van der Waals surface area contributed by atoms with Crippen LogP contribution in [0.3, 0.4) is 0 Å². The van der Waals surface area contributed by atoms with Gasteiger partial charge in [-0.25, -0.2) is 0 Å². The van der Waals surface area contributed by atoms with Crippen LogP contribution >= 0.6 is 27.3 Å². The Hall–Kier alpha value is -1.37. The van der Waals surface area contributed by atoms with Gasteiger partial charge in [-0.3, -0.25) is 9.69 Å². The molecule has 3 N–H and O–H groups in total. The van der Waals surface area contributed by atoms with E-state index in [1.807, 2.05) is 11.9 Å². The van der Waals surface area contributed by atoms with Crippen molar-refractivity contribution in [3.63, 3.8) is 0 Å². The van der Waals surface area contributed by atoms with Crippen molar-refractivity contribution in [1.82, 2.24) is 4.90 Å². The van der Waals surface area contributed by atoms with Gasteiger partial charge in [0.2, 0.25) is 5.91 Å². The molecule has 0 spiro atoms. The molecule has 0 aliphatic heterocycles. The number of likely N-dealkylation sites (N-methyl/N-ethyl adjacent to an activating group) is 1. The molecule has 0 fully saturated rings. The standard InChI is InChI=1S/C14H16BrN3OS/c1-18(7-10-6-13(15)20-9-10)8-14(19)17-12-4-2-11(16)3-5-12/h2-6,9H,7-8,16H2,1H3,(H,17,19). The summed E-state index contributed by atoms with van der Waals surface area (Å²) in [5.74, 6) is -0.0356. The van der Waals surface area contributed by atoms with Gasteiger partial charge in [-0.15, -0.1) is 11.3 Å². The van der Waals surface area contributed by atoms with Crippen molar-refractivity contribution in [2.45, 2.75) is 6.54 Å². The highest BCUT2D eigenvalue weighted by Gasteiger charge is 2.08. The molecular weight excluding hydrogens is 338 g/mol. The van der Waals surface area contributed by atoms with Crippen molar-refractivity contribution in [1.29, 1.82) is 0 Å². The van der Waals surface area contributed by atoms with Gasteiger partial charge in [-0.1, -0.05) is 0 Å². The zero-order valence-electron chi connectivity index (χ0n) is 11.1. The molecule has 1 aromatic carbocycles. The Morgan fingerprint density at radius 3 is 2.70 bits per heavy atom. The number of amides is 1. The van der Waals surface area contributed by atoms with Crippen molar-refractivity contribution < 1.29 is 4.79 Å². The van der Waals surface area contributed by atoms with Crippen LogP contribution in [0.4, 0.5) is 11.4 Å². The van der Waals surface area contributed by atoms with Gasteiger partial charge in [-0.05, 0) is 64.3 Å². The molecule has 0 unspecified atom stereocenters. The highest BCUT2D eigenvalue weighted by atomic mass is 79.9. The van der Waals surface area contributed by atoms with Crippen LogP contribution in [0.2, 0.25) is 0 Å². The number of carbonyl (C=O) groups excluding carboxylic acids is 1. The van der Waals surface area contributed by atoms with Crippen LogP contribution in [0, 0.1) is 0 Å². The average Bonchev–Trinajstić information content (AvgIpc) is 2.77. The number of carbonyl (C=O) groups is 1. The molecule has 4 nitrogen and oxygen atoms in total. The van der Waals surface area contributed by atoms with Crippen LogP contribution in [-0.4, -0.2) is 24.4 Å². The van der Waals surface area contributed by atoms with Gasteiger partial charge < -0.3 is 11.1 Å². The van der Waals surface area contributed by atoms with Crippen LogP contribution in [0.15, 0.2) is 39.5 Å². The van der Waals surface area contributed by atoms with Crippen LogP contribution in [0.5, 0.6) is 0 Å². The molecule has 0 bridgehead atoms. The summed E-state index contributed by atoms with van der Waals surface area (Å²) in [5, 5.41) is 4.93. The zero-order valence-corrected chi connectivity index (χ0v) is 13.5. The molecule has 0 radical (unpaired) electrons. The molecule has 2 aromatic rings. The van der Waals surface area contributed by atoms with E-state index in [1.54, 1.807) is 35.6 Å². The van der Waals surface area contributed by atoms with E-state index >= 15 is 0 Å². The summed E-state index contributed by atoms with van der Waals surface area (Å²) in [7, 11) is 1.92. The number of anilines is 2. The Morgan fingerprint density at radius 2 is 2.10 bits per heavy atom. The van der Waals surface area contributed by atoms with E-state index in [4.69, 9.17) is 5.73 Å². The predicted molar refractivity (Wildman–Crippen MR) is 87.8 cm³/mol. The summed E-state index contributed by atoms with van der Waals surface area (Å²) >= 11 is 5.08. The summed E-state index contributed by atoms with van der Waals surface area (Å²) in [5.41, 5.74) is 8.24. The molecule has 0 atom stereocenters. The second kappa shape index (κ2) is 6.88. The van der Waals surface area contributed by atoms with Gasteiger partial charge in [0.05, 0.1) is 10.3 Å². The highest BCUT2D eigenvalue weighted by Crippen LogP contribution is 2.21. The van der Waals surface area contributed by atoms with Crippen molar-refractivity contribution in [2.24, 2.45) is 0 Å². The second-order valence-corrected chi connectivity index (χ2v) is 6.89. The number of nitrogens with zero attached hydrogens (tertiary/aromatic N) is 1. The Bertz CT molecular complexity index is 582. The van der Waals surface area contributed by atoms with Crippen molar-refractivity contribution in [3.8, 4) is 0 Å². The lowest BCUT2D eigenvalue weighted by molar-refractivity contribution is -0.117. The lowest BCUT2D eigenvalue weighted by Crippen LogP contribution is -2.29. The second-order valence-electron chi connectivity index (χ2n) is 4.60. The minimum atomic E-state index is -0.0356. The number of nitrogen functional groups attached to an aromatic ring is 1. The summed E-state index contributed by atoms with van der Waals surface area (Å²) in [6, 6.07) is 9.19. The molecule has 1 aromatic heterocycles. The predicted octanol–water partition coefficient (Wildman–Crippen LogP) is 3.16. The number of nitrogens with one attached hydrogen (secondary N) is 1. The number of nitrogens with two attached hydrogens (primary N) is 1. The lowest BCUT2D eigenvalue weighted by atomic mass is 10.3. The fraction of sp³-hybridized carbons (Fsp3) is 0.214. The zero-order chi connectivity index (χ0) is 14.5. The van der Waals surface area contributed by atoms with Crippen LogP contribution < -0.4 is 11.1 Å². The number of thiophene rings is 1. The van der Waals surface area contributed by atoms with Crippen molar-refractivity contribution in [2.75, 3.05) is 24.6 Å². The van der Waals surface area contributed by atoms with E-state index < -0.39 is 0 Å². The van der Waals surface area contributed by atoms with Gasteiger partial charge >= 0.3 is 0 Å². The largest absolute Gasteiger partial charge is 0.399 e. The third-order valence-corrected chi connectivity index (χ3v) is 4.24. The first-order valence-electron chi connectivity index (χ1n) is 6.10. The normalized spacial score (nSPS) is 10.8. The summed E-state index contributed by atoms with van der Waals surface area (Å²) in [6.07, 6.45) is 0. The quantitative estimate of drug-likeness (QED) is 0.811. The number of hydrogen-bond acceptors (Lipinski definition) is 4. The number of halogens is 1. The van der Waals surface area contributed by atoms with Gasteiger partial charge in [0, 0.05) is 17.9 Å². The molecule has 0 aliphatic rings. The first kappa shape index (κ1) is 15.0. The Labute approximate surface area is 130 Å². The van der Waals surface area contributed by atoms with E-state index in [2.05, 4.69) is 32.7 Å². The molecule has 1 amide bonds. The smallest absolute Gasteiger partial charge is 0.238 e. The maximum Gasteiger partial charge on any atom is 0.238 e. The summed E-state index contributed by atoms with van der Waals surface area (Å²) in [6.45, 7) is 1.09. The Morgan fingerprint density at radius 1 is 1.40 bits per heavy atom. The topological polar surface area (TPSA) is 58.4 Å².